The first-order chi connectivity index (χ1) is 19.9. The molecule has 5 rings (SSSR count). The third kappa shape index (κ3) is 6.76. The summed E-state index contributed by atoms with van der Waals surface area (Å²) in [6.07, 6.45) is 5.63. The predicted molar refractivity (Wildman–Crippen MR) is 163 cm³/mol. The smallest absolute Gasteiger partial charge is 0.252 e. The molecule has 0 aromatic heterocycles. The molecule has 2 amide bonds. The van der Waals surface area contributed by atoms with Crippen molar-refractivity contribution in [1.29, 1.82) is 0 Å². The fourth-order valence-electron chi connectivity index (χ4n) is 6.33. The lowest BCUT2D eigenvalue weighted by Crippen LogP contribution is -2.50. The highest BCUT2D eigenvalue weighted by molar-refractivity contribution is 6.24. The number of carbonyl (C=O) groups is 3. The SMILES string of the molecule is CC(C)CC(CN1CCC[C@H]1C(=O)NCCCCc1ccccc1)NC(=O)c1cccc2c1-c1ccccc1C2=O. The Hall–Kier alpha value is -3.77. The van der Waals surface area contributed by atoms with E-state index in [1.165, 1.54) is 5.56 Å². The summed E-state index contributed by atoms with van der Waals surface area (Å²) in [7, 11) is 0. The normalized spacial score (nSPS) is 16.9. The first-order valence-electron chi connectivity index (χ1n) is 15.1. The summed E-state index contributed by atoms with van der Waals surface area (Å²) in [6, 6.07) is 23.1. The molecule has 214 valence electrons. The van der Waals surface area contributed by atoms with Crippen LogP contribution < -0.4 is 10.6 Å². The van der Waals surface area contributed by atoms with E-state index in [9.17, 15) is 14.4 Å². The molecule has 0 radical (unpaired) electrons. The molecular formula is C35H41N3O3. The van der Waals surface area contributed by atoms with Gasteiger partial charge >= 0.3 is 0 Å². The van der Waals surface area contributed by atoms with Gasteiger partial charge in [-0.3, -0.25) is 19.3 Å². The molecule has 1 fully saturated rings. The van der Waals surface area contributed by atoms with Gasteiger partial charge in [0.15, 0.2) is 5.78 Å². The van der Waals surface area contributed by atoms with Crippen LogP contribution >= 0.6 is 0 Å². The Morgan fingerprint density at radius 3 is 2.41 bits per heavy atom. The quantitative estimate of drug-likeness (QED) is 0.223. The minimum Gasteiger partial charge on any atom is -0.355 e. The Kier molecular flexibility index (Phi) is 9.30. The van der Waals surface area contributed by atoms with Crippen LogP contribution in [-0.4, -0.2) is 54.2 Å². The van der Waals surface area contributed by atoms with Crippen molar-refractivity contribution in [3.8, 4) is 11.1 Å². The largest absolute Gasteiger partial charge is 0.355 e. The topological polar surface area (TPSA) is 78.5 Å². The van der Waals surface area contributed by atoms with Crippen molar-refractivity contribution in [1.82, 2.24) is 15.5 Å². The number of hydrogen-bond donors (Lipinski definition) is 2. The van der Waals surface area contributed by atoms with Gasteiger partial charge in [0.1, 0.15) is 0 Å². The second-order valence-corrected chi connectivity index (χ2v) is 11.8. The molecule has 6 heteroatoms. The number of likely N-dealkylation sites (tertiary alicyclic amines) is 1. The molecule has 3 aromatic rings. The fourth-order valence-corrected chi connectivity index (χ4v) is 6.33. The number of unbranched alkanes of at least 4 members (excludes halogenated alkanes) is 1. The highest BCUT2D eigenvalue weighted by Crippen LogP contribution is 2.38. The third-order valence-corrected chi connectivity index (χ3v) is 8.24. The molecule has 1 unspecified atom stereocenters. The van der Waals surface area contributed by atoms with Gasteiger partial charge < -0.3 is 10.6 Å². The van der Waals surface area contributed by atoms with Gasteiger partial charge in [0.05, 0.1) is 6.04 Å². The standard InChI is InChI=1S/C35H41N3O3/c1-24(2)22-26(37-34(40)30-18-10-17-29-32(30)27-15-6-7-16-28(27)33(29)39)23-38-21-11-19-31(38)35(41)36-20-9-8-14-25-12-4-3-5-13-25/h3-7,10,12-13,15-18,24,26,31H,8-9,11,14,19-23H2,1-2H3,(H,36,41)(H,37,40)/t26?,31-/m0/s1. The van der Waals surface area contributed by atoms with Crippen LogP contribution in [0.25, 0.3) is 11.1 Å². The molecule has 3 aromatic carbocycles. The second-order valence-electron chi connectivity index (χ2n) is 11.8. The van der Waals surface area contributed by atoms with Gasteiger partial charge in [-0.1, -0.05) is 80.6 Å². The van der Waals surface area contributed by atoms with Crippen molar-refractivity contribution in [3.63, 3.8) is 0 Å². The van der Waals surface area contributed by atoms with E-state index in [1.807, 2.05) is 30.3 Å². The molecule has 1 saturated heterocycles. The van der Waals surface area contributed by atoms with E-state index in [0.29, 0.717) is 35.7 Å². The van der Waals surface area contributed by atoms with E-state index >= 15 is 0 Å². The lowest BCUT2D eigenvalue weighted by atomic mass is 9.97. The summed E-state index contributed by atoms with van der Waals surface area (Å²) in [5, 5.41) is 6.44. The number of carbonyl (C=O) groups excluding carboxylic acids is 3. The summed E-state index contributed by atoms with van der Waals surface area (Å²) >= 11 is 0. The van der Waals surface area contributed by atoms with Crippen LogP contribution in [0, 0.1) is 5.92 Å². The molecule has 6 nitrogen and oxygen atoms in total. The molecule has 0 bridgehead atoms. The zero-order valence-corrected chi connectivity index (χ0v) is 24.2. The number of amides is 2. The monoisotopic (exact) mass is 551 g/mol. The Morgan fingerprint density at radius 1 is 0.902 bits per heavy atom. The fraction of sp³-hybridized carbons (Fsp3) is 0.400. The summed E-state index contributed by atoms with van der Waals surface area (Å²) in [5.41, 5.74) is 4.63. The molecule has 1 aliphatic heterocycles. The minimum absolute atomic E-state index is 0.0324. The molecule has 1 aliphatic carbocycles. The van der Waals surface area contributed by atoms with Crippen molar-refractivity contribution in [2.75, 3.05) is 19.6 Å². The van der Waals surface area contributed by atoms with Crippen LogP contribution in [0.5, 0.6) is 0 Å². The van der Waals surface area contributed by atoms with Crippen molar-refractivity contribution < 1.29 is 14.4 Å². The molecular weight excluding hydrogens is 510 g/mol. The van der Waals surface area contributed by atoms with E-state index < -0.39 is 0 Å². The Morgan fingerprint density at radius 2 is 1.63 bits per heavy atom. The van der Waals surface area contributed by atoms with Gasteiger partial charge in [-0.05, 0) is 68.2 Å². The van der Waals surface area contributed by atoms with E-state index in [-0.39, 0.29) is 29.7 Å². The highest BCUT2D eigenvalue weighted by Gasteiger charge is 2.34. The number of hydrogen-bond acceptors (Lipinski definition) is 4. The molecule has 2 aliphatic rings. The van der Waals surface area contributed by atoms with Gasteiger partial charge in [-0.25, -0.2) is 0 Å². The zero-order chi connectivity index (χ0) is 28.8. The van der Waals surface area contributed by atoms with Crippen molar-refractivity contribution >= 4 is 17.6 Å². The maximum absolute atomic E-state index is 13.7. The van der Waals surface area contributed by atoms with E-state index in [0.717, 1.165) is 56.2 Å². The average molecular weight is 552 g/mol. The summed E-state index contributed by atoms with van der Waals surface area (Å²) < 4.78 is 0. The molecule has 1 heterocycles. The van der Waals surface area contributed by atoms with Crippen LogP contribution in [0.1, 0.15) is 77.8 Å². The molecule has 2 atom stereocenters. The number of ketones is 1. The van der Waals surface area contributed by atoms with Crippen molar-refractivity contribution in [2.24, 2.45) is 5.92 Å². The number of benzene rings is 3. The van der Waals surface area contributed by atoms with E-state index in [1.54, 1.807) is 18.2 Å². The number of nitrogens with zero attached hydrogens (tertiary/aromatic N) is 1. The van der Waals surface area contributed by atoms with Gasteiger partial charge in [-0.15, -0.1) is 0 Å². The van der Waals surface area contributed by atoms with Gasteiger partial charge in [-0.2, -0.15) is 0 Å². The second kappa shape index (κ2) is 13.3. The van der Waals surface area contributed by atoms with Crippen molar-refractivity contribution in [2.45, 2.75) is 64.5 Å². The van der Waals surface area contributed by atoms with E-state index in [2.05, 4.69) is 53.6 Å². The Bertz CT molecular complexity index is 1380. The Labute approximate surface area is 243 Å². The maximum Gasteiger partial charge on any atom is 0.252 e. The van der Waals surface area contributed by atoms with Crippen molar-refractivity contribution in [3.05, 3.63) is 95.1 Å². The lowest BCUT2D eigenvalue weighted by Gasteiger charge is -2.30. The predicted octanol–water partition coefficient (Wildman–Crippen LogP) is 5.65. The van der Waals surface area contributed by atoms with Crippen LogP contribution in [-0.2, 0) is 11.2 Å². The van der Waals surface area contributed by atoms with Crippen LogP contribution in [0.2, 0.25) is 0 Å². The first kappa shape index (κ1) is 28.7. The van der Waals surface area contributed by atoms with Gasteiger partial charge in [0, 0.05) is 41.4 Å². The average Bonchev–Trinajstić information content (AvgIpc) is 3.55. The van der Waals surface area contributed by atoms with Gasteiger partial charge in [0.2, 0.25) is 5.91 Å². The maximum atomic E-state index is 13.7. The highest BCUT2D eigenvalue weighted by atomic mass is 16.2. The summed E-state index contributed by atoms with van der Waals surface area (Å²) in [4.78, 5) is 42.0. The van der Waals surface area contributed by atoms with Crippen LogP contribution in [0.3, 0.4) is 0 Å². The summed E-state index contributed by atoms with van der Waals surface area (Å²) in [6.45, 7) is 6.46. The minimum atomic E-state index is -0.171. The summed E-state index contributed by atoms with van der Waals surface area (Å²) in [5.74, 6) is 0.266. The number of fused-ring (bicyclic) bond motifs is 3. The molecule has 0 spiro atoms. The van der Waals surface area contributed by atoms with Crippen LogP contribution in [0.4, 0.5) is 0 Å². The molecule has 41 heavy (non-hydrogen) atoms. The molecule has 0 saturated carbocycles. The van der Waals surface area contributed by atoms with Gasteiger partial charge in [0.25, 0.3) is 5.91 Å². The van der Waals surface area contributed by atoms with Crippen LogP contribution in [0.15, 0.2) is 72.8 Å². The van der Waals surface area contributed by atoms with E-state index in [4.69, 9.17) is 0 Å². The molecule has 2 N–H and O–H groups in total. The first-order valence-corrected chi connectivity index (χ1v) is 15.1. The zero-order valence-electron chi connectivity index (χ0n) is 24.2. The number of aryl methyl sites for hydroxylation is 1. The lowest BCUT2D eigenvalue weighted by molar-refractivity contribution is -0.125. The number of rotatable bonds is 12. The Balaban J connectivity index is 1.20. The third-order valence-electron chi connectivity index (χ3n) is 8.24. The number of nitrogens with one attached hydrogen (secondary N) is 2.